The first-order chi connectivity index (χ1) is 47.2. The van der Waals surface area contributed by atoms with E-state index in [0.717, 1.165) is 11.3 Å². The number of rotatable bonds is 1. The highest BCUT2D eigenvalue weighted by molar-refractivity contribution is 5.98. The Balaban J connectivity index is -0.0000000538. The maximum Gasteiger partial charge on any atom is -0.0178 e. The van der Waals surface area contributed by atoms with E-state index in [1.165, 1.54) is 135 Å². The largest absolute Gasteiger partial charge is 0.0776 e. The van der Waals surface area contributed by atoms with E-state index in [9.17, 15) is 0 Å². The van der Waals surface area contributed by atoms with Gasteiger partial charge >= 0.3 is 0 Å². The molecule has 0 aromatic heterocycles. The highest BCUT2D eigenvalue weighted by Gasteiger charge is 2.35. The molecule has 0 saturated heterocycles. The fourth-order valence-corrected chi connectivity index (χ4v) is 8.80. The maximum atomic E-state index is 2.57. The Labute approximate surface area is 625 Å². The third kappa shape index (κ3) is 88.6. The first-order valence-electron chi connectivity index (χ1n) is 40.5. The van der Waals surface area contributed by atoms with E-state index in [2.05, 4.69) is 116 Å². The molecule has 0 radical (unpaired) electrons. The van der Waals surface area contributed by atoms with Crippen LogP contribution in [0.5, 0.6) is 0 Å². The standard InChI is InChI=1S/C14H10.C13H24.C10H8.C6H12.3C6H6.17C2H6.3CH4/c1-2-6-12-10-14-8-4-3-7-13(14)9-11(12)5-1;1-13(10-6-3-7-11-13)12-8-4-2-5-9-12;1-2-6-10-8-4-3-7-9(10)5-1;4*1-2-4-6-5-3-1;17*1-2;;;/h1-10H;12H,2-11H2,1H3;1-8H;1-6H2;3*1-6H;17*1-2H3;3*1H4. The van der Waals surface area contributed by atoms with Gasteiger partial charge in [-0.25, -0.2) is 0 Å². The van der Waals surface area contributed by atoms with Crippen LogP contribution in [0.15, 0.2) is 218 Å². The van der Waals surface area contributed by atoms with Crippen LogP contribution in [-0.4, -0.2) is 0 Å². The van der Waals surface area contributed by atoms with Crippen LogP contribution in [0.2, 0.25) is 0 Å². The van der Waals surface area contributed by atoms with Gasteiger partial charge in [-0.05, 0) is 81.5 Å². The quantitative estimate of drug-likeness (QED) is 0.144. The van der Waals surface area contributed by atoms with Gasteiger partial charge < -0.3 is 0 Å². The van der Waals surface area contributed by atoms with Gasteiger partial charge in [0.25, 0.3) is 0 Å². The van der Waals surface area contributed by atoms with Crippen molar-refractivity contribution in [1.29, 1.82) is 0 Å². The molecule has 0 nitrogen and oxygen atoms in total. The summed E-state index contributed by atoms with van der Waals surface area (Å²) in [5.41, 5.74) is 0.749. The van der Waals surface area contributed by atoms with Crippen LogP contribution in [0.3, 0.4) is 0 Å². The van der Waals surface area contributed by atoms with Crippen LogP contribution in [0.1, 0.15) is 367 Å². The molecule has 3 fully saturated rings. The molecule has 11 rings (SSSR count). The maximum absolute atomic E-state index is 2.57. The Hall–Kier alpha value is -5.46. The molecule has 0 amide bonds. The molecule has 8 aromatic carbocycles. The number of fused-ring (bicyclic) bond motifs is 3. The lowest BCUT2D eigenvalue weighted by molar-refractivity contribution is 0.0876. The second kappa shape index (κ2) is 139. The van der Waals surface area contributed by atoms with Gasteiger partial charge in [-0.1, -0.05) is 548 Å². The molecule has 3 saturated carbocycles. The first kappa shape index (κ1) is 132. The smallest absolute Gasteiger partial charge is 0.0178 e. The zero-order valence-corrected chi connectivity index (χ0v) is 71.2. The summed E-state index contributed by atoms with van der Waals surface area (Å²) in [5, 5.41) is 7.87. The summed E-state index contributed by atoms with van der Waals surface area (Å²) in [5.74, 6) is 1.08. The fraction of sp³-hybridized carbons (Fsp3) is 0.571. The second-order valence-electron chi connectivity index (χ2n) is 17.0. The van der Waals surface area contributed by atoms with Crippen molar-refractivity contribution in [3.8, 4) is 0 Å². The molecule has 3 aliphatic carbocycles. The molecule has 0 bridgehead atoms. The molecule has 0 unspecified atom stereocenters. The molecule has 578 valence electrons. The van der Waals surface area contributed by atoms with Crippen LogP contribution >= 0.6 is 0 Å². The van der Waals surface area contributed by atoms with E-state index in [-0.39, 0.29) is 22.3 Å². The van der Waals surface area contributed by atoms with Crippen molar-refractivity contribution in [1.82, 2.24) is 0 Å². The van der Waals surface area contributed by atoms with Crippen molar-refractivity contribution in [3.63, 3.8) is 0 Å². The number of hydrogen-bond acceptors (Lipinski definition) is 0. The summed E-state index contributed by atoms with van der Waals surface area (Å²) >= 11 is 0. The summed E-state index contributed by atoms with van der Waals surface area (Å²) in [7, 11) is 0. The Morgan fingerprint density at radius 2 is 0.316 bits per heavy atom. The second-order valence-corrected chi connectivity index (χ2v) is 17.0. The van der Waals surface area contributed by atoms with Crippen LogP contribution in [0.25, 0.3) is 32.3 Å². The Bertz CT molecular complexity index is 1890. The van der Waals surface area contributed by atoms with Gasteiger partial charge in [0.2, 0.25) is 0 Å². The van der Waals surface area contributed by atoms with Crippen molar-refractivity contribution >= 4 is 32.3 Å². The minimum atomic E-state index is 0. The van der Waals surface area contributed by atoms with Gasteiger partial charge in [0.05, 0.1) is 0 Å². The monoisotopic (exact) mass is 1360 g/mol. The van der Waals surface area contributed by atoms with Gasteiger partial charge in [0.15, 0.2) is 0 Å². The molecule has 0 heteroatoms. The van der Waals surface area contributed by atoms with Crippen LogP contribution in [0.4, 0.5) is 0 Å². The number of hydrogen-bond donors (Lipinski definition) is 0. The van der Waals surface area contributed by atoms with E-state index < -0.39 is 0 Å². The van der Waals surface area contributed by atoms with Gasteiger partial charge in [-0.15, -0.1) is 0 Å². The van der Waals surface area contributed by atoms with Crippen molar-refractivity contribution in [2.75, 3.05) is 0 Å². The fourth-order valence-electron chi connectivity index (χ4n) is 8.80. The average Bonchev–Trinajstić information content (AvgIpc) is 0.835. The summed E-state index contributed by atoms with van der Waals surface area (Å²) in [6.07, 6.45) is 24.2. The minimum Gasteiger partial charge on any atom is -0.0776 e. The van der Waals surface area contributed by atoms with E-state index >= 15 is 0 Å². The molecule has 8 aromatic rings. The lowest BCUT2D eigenvalue weighted by Crippen LogP contribution is -2.31. The van der Waals surface area contributed by atoms with Gasteiger partial charge in [-0.2, -0.15) is 0 Å². The van der Waals surface area contributed by atoms with Crippen molar-refractivity contribution in [2.45, 2.75) is 367 Å². The molecule has 0 spiro atoms. The van der Waals surface area contributed by atoms with E-state index in [1.807, 2.05) is 345 Å². The summed E-state index contributed by atoms with van der Waals surface area (Å²) in [4.78, 5) is 0. The third-order valence-corrected chi connectivity index (χ3v) is 12.4. The Kier molecular flexibility index (Phi) is 187. The van der Waals surface area contributed by atoms with Crippen LogP contribution in [0, 0.1) is 11.3 Å². The highest BCUT2D eigenvalue weighted by atomic mass is 14.4. The predicted molar refractivity (Wildman–Crippen MR) is 483 cm³/mol. The lowest BCUT2D eigenvalue weighted by atomic mass is 9.63. The molecular weight excluding hydrogens is 1180 g/mol. The molecule has 0 N–H and O–H groups in total. The van der Waals surface area contributed by atoms with Crippen LogP contribution < -0.4 is 0 Å². The molecule has 3 aliphatic rings. The van der Waals surface area contributed by atoms with Crippen LogP contribution in [-0.2, 0) is 0 Å². The van der Waals surface area contributed by atoms with Crippen molar-refractivity contribution < 1.29 is 0 Å². The predicted octanol–water partition coefficient (Wildman–Crippen LogP) is 38.1. The SMILES string of the molecule is C.C.C.C1CCCCC1.CC.CC.CC.CC.CC.CC.CC.CC.CC.CC.CC.CC.CC.CC.CC.CC.CC.CC1(C2CCCCC2)CCCCC1.c1ccc2cc3ccccc3cc2c1.c1ccc2ccccc2c1.c1ccccc1.c1ccccc1.c1ccccc1. The highest BCUT2D eigenvalue weighted by Crippen LogP contribution is 2.47. The molecule has 98 heavy (non-hydrogen) atoms. The number of benzene rings is 8. The molecule has 0 aliphatic heterocycles. The molecular formula is C98H186. The van der Waals surface area contributed by atoms with E-state index in [0.29, 0.717) is 0 Å². The van der Waals surface area contributed by atoms with E-state index in [1.54, 1.807) is 0 Å². The van der Waals surface area contributed by atoms with Gasteiger partial charge in [-0.3, -0.25) is 0 Å². The lowest BCUT2D eigenvalue weighted by Gasteiger charge is -2.42. The Morgan fingerprint density at radius 1 is 0.184 bits per heavy atom. The van der Waals surface area contributed by atoms with E-state index in [4.69, 9.17) is 0 Å². The minimum absolute atomic E-state index is 0. The normalized spacial score (nSPS) is 10.6. The zero-order valence-electron chi connectivity index (χ0n) is 71.2. The summed E-state index contributed by atoms with van der Waals surface area (Å²) < 4.78 is 0. The molecule has 0 atom stereocenters. The first-order valence-corrected chi connectivity index (χ1v) is 40.5. The molecule has 0 heterocycles. The zero-order chi connectivity index (χ0) is 76.3. The van der Waals surface area contributed by atoms with Gasteiger partial charge in [0.1, 0.15) is 0 Å². The van der Waals surface area contributed by atoms with Crippen molar-refractivity contribution in [2.24, 2.45) is 11.3 Å². The average molecular weight is 1360 g/mol. The Morgan fingerprint density at radius 3 is 0.480 bits per heavy atom. The third-order valence-electron chi connectivity index (χ3n) is 12.4. The van der Waals surface area contributed by atoms with Gasteiger partial charge in [0, 0.05) is 0 Å². The summed E-state index contributed by atoms with van der Waals surface area (Å²) in [6.45, 7) is 70.6. The van der Waals surface area contributed by atoms with Crippen molar-refractivity contribution in [3.05, 3.63) is 218 Å². The topological polar surface area (TPSA) is 0 Å². The summed E-state index contributed by atoms with van der Waals surface area (Å²) in [6, 6.07) is 74.1.